The first kappa shape index (κ1) is 14.4. The topological polar surface area (TPSA) is 41.5 Å². The Hall–Kier alpha value is -1.04. The van der Waals surface area contributed by atoms with Crippen molar-refractivity contribution in [3.05, 3.63) is 35.4 Å². The van der Waals surface area contributed by atoms with Crippen molar-refractivity contribution < 1.29 is 18.6 Å². The molecule has 3 nitrogen and oxygen atoms in total. The van der Waals surface area contributed by atoms with Crippen molar-refractivity contribution in [3.63, 3.8) is 0 Å². The number of nitrogens with one attached hydrogen (secondary N) is 1. The molecule has 1 aromatic carbocycles. The summed E-state index contributed by atoms with van der Waals surface area (Å²) < 4.78 is 31.5. The first-order valence-corrected chi connectivity index (χ1v) is 6.58. The summed E-state index contributed by atoms with van der Waals surface area (Å²) in [5.74, 6) is -0.907. The van der Waals surface area contributed by atoms with E-state index in [4.69, 9.17) is 4.74 Å². The monoisotopic (exact) mass is 271 g/mol. The van der Waals surface area contributed by atoms with Crippen molar-refractivity contribution in [1.82, 2.24) is 5.32 Å². The quantitative estimate of drug-likeness (QED) is 0.861. The van der Waals surface area contributed by atoms with Gasteiger partial charge in [-0.25, -0.2) is 8.78 Å². The van der Waals surface area contributed by atoms with Crippen molar-refractivity contribution in [3.8, 4) is 0 Å². The Morgan fingerprint density at radius 3 is 2.95 bits per heavy atom. The molecule has 2 unspecified atom stereocenters. The molecule has 19 heavy (non-hydrogen) atoms. The molecule has 5 heteroatoms. The first-order chi connectivity index (χ1) is 9.16. The predicted octanol–water partition coefficient (Wildman–Crippen LogP) is 2.01. The van der Waals surface area contributed by atoms with Crippen LogP contribution in [0.5, 0.6) is 0 Å². The average molecular weight is 271 g/mol. The fraction of sp³-hybridized carbons (Fsp3) is 0.571. The van der Waals surface area contributed by atoms with E-state index in [9.17, 15) is 13.9 Å². The number of aliphatic hydroxyl groups excluding tert-OH is 1. The van der Waals surface area contributed by atoms with Crippen LogP contribution in [0.1, 0.15) is 24.5 Å². The van der Waals surface area contributed by atoms with E-state index in [1.165, 1.54) is 6.07 Å². The third kappa shape index (κ3) is 4.23. The van der Waals surface area contributed by atoms with Gasteiger partial charge >= 0.3 is 0 Å². The normalized spacial score (nSPS) is 21.3. The van der Waals surface area contributed by atoms with E-state index in [1.54, 1.807) is 0 Å². The lowest BCUT2D eigenvalue weighted by atomic mass is 10.0. The highest BCUT2D eigenvalue weighted by Crippen LogP contribution is 2.18. The van der Waals surface area contributed by atoms with Gasteiger partial charge in [-0.1, -0.05) is 6.07 Å². The Morgan fingerprint density at radius 2 is 2.26 bits per heavy atom. The SMILES string of the molecule is OC(CNCC1CCCOC1)c1ccc(F)cc1F. The lowest BCUT2D eigenvalue weighted by Crippen LogP contribution is -2.31. The van der Waals surface area contributed by atoms with Gasteiger partial charge in [-0.15, -0.1) is 0 Å². The zero-order chi connectivity index (χ0) is 13.7. The van der Waals surface area contributed by atoms with E-state index in [0.29, 0.717) is 5.92 Å². The minimum Gasteiger partial charge on any atom is -0.387 e. The highest BCUT2D eigenvalue weighted by atomic mass is 19.1. The largest absolute Gasteiger partial charge is 0.387 e. The van der Waals surface area contributed by atoms with Crippen molar-refractivity contribution >= 4 is 0 Å². The van der Waals surface area contributed by atoms with Crippen molar-refractivity contribution in [1.29, 1.82) is 0 Å². The van der Waals surface area contributed by atoms with Crippen LogP contribution in [0.15, 0.2) is 18.2 Å². The molecule has 0 amide bonds. The molecule has 1 heterocycles. The zero-order valence-electron chi connectivity index (χ0n) is 10.7. The summed E-state index contributed by atoms with van der Waals surface area (Å²) in [4.78, 5) is 0. The predicted molar refractivity (Wildman–Crippen MR) is 67.7 cm³/mol. The Labute approximate surface area is 111 Å². The highest BCUT2D eigenvalue weighted by molar-refractivity contribution is 5.21. The minimum atomic E-state index is -0.967. The molecular weight excluding hydrogens is 252 g/mol. The number of aliphatic hydroxyl groups is 1. The fourth-order valence-corrected chi connectivity index (χ4v) is 2.27. The number of hydrogen-bond donors (Lipinski definition) is 2. The summed E-state index contributed by atoms with van der Waals surface area (Å²) in [5.41, 5.74) is 0.119. The van der Waals surface area contributed by atoms with Gasteiger partial charge in [0.05, 0.1) is 12.7 Å². The molecule has 2 atom stereocenters. The third-order valence-corrected chi connectivity index (χ3v) is 3.35. The van der Waals surface area contributed by atoms with Crippen LogP contribution in [0, 0.1) is 17.6 Å². The summed E-state index contributed by atoms with van der Waals surface area (Å²) in [7, 11) is 0. The number of hydrogen-bond acceptors (Lipinski definition) is 3. The Kier molecular flexibility index (Phi) is 5.24. The van der Waals surface area contributed by atoms with Crippen LogP contribution in [0.4, 0.5) is 8.78 Å². The lowest BCUT2D eigenvalue weighted by Gasteiger charge is -2.23. The average Bonchev–Trinajstić information content (AvgIpc) is 2.39. The van der Waals surface area contributed by atoms with E-state index in [0.717, 1.165) is 44.7 Å². The van der Waals surface area contributed by atoms with E-state index < -0.39 is 17.7 Å². The molecule has 1 aliphatic rings. The second-order valence-electron chi connectivity index (χ2n) is 4.92. The Bertz CT molecular complexity index is 408. The summed E-state index contributed by atoms with van der Waals surface area (Å²) >= 11 is 0. The molecule has 0 aliphatic carbocycles. The van der Waals surface area contributed by atoms with Crippen molar-refractivity contribution in [2.45, 2.75) is 18.9 Å². The second kappa shape index (κ2) is 6.93. The van der Waals surface area contributed by atoms with Crippen molar-refractivity contribution in [2.75, 3.05) is 26.3 Å². The molecule has 2 N–H and O–H groups in total. The third-order valence-electron chi connectivity index (χ3n) is 3.35. The van der Waals surface area contributed by atoms with Gasteiger partial charge in [0.2, 0.25) is 0 Å². The molecule has 1 aromatic rings. The van der Waals surface area contributed by atoms with E-state index >= 15 is 0 Å². The molecule has 0 spiro atoms. The molecule has 0 saturated carbocycles. The number of halogens is 2. The fourth-order valence-electron chi connectivity index (χ4n) is 2.27. The maximum Gasteiger partial charge on any atom is 0.131 e. The van der Waals surface area contributed by atoms with Gasteiger partial charge < -0.3 is 15.2 Å². The molecule has 1 saturated heterocycles. The van der Waals surface area contributed by atoms with Gasteiger partial charge in [0, 0.05) is 31.3 Å². The van der Waals surface area contributed by atoms with Gasteiger partial charge in [-0.05, 0) is 24.8 Å². The molecule has 106 valence electrons. The molecule has 0 aromatic heterocycles. The van der Waals surface area contributed by atoms with E-state index in [-0.39, 0.29) is 12.1 Å². The first-order valence-electron chi connectivity index (χ1n) is 6.58. The summed E-state index contributed by atoms with van der Waals surface area (Å²) in [6.07, 6.45) is 1.19. The van der Waals surface area contributed by atoms with Crippen LogP contribution in [0.2, 0.25) is 0 Å². The standard InChI is InChI=1S/C14H19F2NO2/c15-11-3-4-12(13(16)6-11)14(18)8-17-7-10-2-1-5-19-9-10/h3-4,6,10,14,17-18H,1-2,5,7-9H2. The molecule has 0 radical (unpaired) electrons. The highest BCUT2D eigenvalue weighted by Gasteiger charge is 2.16. The Morgan fingerprint density at radius 1 is 1.42 bits per heavy atom. The van der Waals surface area contributed by atoms with Crippen molar-refractivity contribution in [2.24, 2.45) is 5.92 Å². The van der Waals surface area contributed by atoms with Gasteiger partial charge in [0.25, 0.3) is 0 Å². The van der Waals surface area contributed by atoms with E-state index in [1.807, 2.05) is 0 Å². The summed E-state index contributed by atoms with van der Waals surface area (Å²) in [6, 6.07) is 3.21. The van der Waals surface area contributed by atoms with Gasteiger partial charge in [0.15, 0.2) is 0 Å². The second-order valence-corrected chi connectivity index (χ2v) is 4.92. The summed E-state index contributed by atoms with van der Waals surface area (Å²) in [5, 5.41) is 13.0. The number of ether oxygens (including phenoxy) is 1. The molecule has 0 bridgehead atoms. The maximum absolute atomic E-state index is 13.4. The molecule has 1 aliphatic heterocycles. The number of rotatable bonds is 5. The van der Waals surface area contributed by atoms with Crippen LogP contribution >= 0.6 is 0 Å². The molecule has 1 fully saturated rings. The molecule has 2 rings (SSSR count). The van der Waals surface area contributed by atoms with Crippen LogP contribution < -0.4 is 5.32 Å². The van der Waals surface area contributed by atoms with Gasteiger partial charge in [-0.3, -0.25) is 0 Å². The molecular formula is C14H19F2NO2. The zero-order valence-corrected chi connectivity index (χ0v) is 10.7. The van der Waals surface area contributed by atoms with Gasteiger partial charge in [-0.2, -0.15) is 0 Å². The van der Waals surface area contributed by atoms with Crippen LogP contribution in [0.25, 0.3) is 0 Å². The Balaban J connectivity index is 1.78. The summed E-state index contributed by atoms with van der Waals surface area (Å²) in [6.45, 7) is 2.53. The van der Waals surface area contributed by atoms with Crippen LogP contribution in [0.3, 0.4) is 0 Å². The minimum absolute atomic E-state index is 0.119. The van der Waals surface area contributed by atoms with Crippen LogP contribution in [-0.2, 0) is 4.74 Å². The van der Waals surface area contributed by atoms with E-state index in [2.05, 4.69) is 5.32 Å². The van der Waals surface area contributed by atoms with Crippen LogP contribution in [-0.4, -0.2) is 31.4 Å². The maximum atomic E-state index is 13.4. The smallest absolute Gasteiger partial charge is 0.131 e. The lowest BCUT2D eigenvalue weighted by molar-refractivity contribution is 0.0532. The van der Waals surface area contributed by atoms with Gasteiger partial charge in [0.1, 0.15) is 11.6 Å². The number of benzene rings is 1.